The quantitative estimate of drug-likeness (QED) is 0.659. The van der Waals surface area contributed by atoms with E-state index in [0.29, 0.717) is 24.7 Å². The molecule has 0 saturated heterocycles. The molecule has 0 bridgehead atoms. The minimum Gasteiger partial charge on any atom is -0.439 e. The summed E-state index contributed by atoms with van der Waals surface area (Å²) in [6.07, 6.45) is 1.67. The number of nitrogens with zero attached hydrogens (tertiary/aromatic N) is 4. The lowest BCUT2D eigenvalue weighted by Gasteiger charge is -2.07. The van der Waals surface area contributed by atoms with E-state index in [1.165, 1.54) is 0 Å². The number of aromatic nitrogens is 1. The second-order valence-electron chi connectivity index (χ2n) is 4.52. The zero-order valence-electron chi connectivity index (χ0n) is 11.1. The lowest BCUT2D eigenvalue weighted by molar-refractivity contribution is -0.128. The summed E-state index contributed by atoms with van der Waals surface area (Å²) in [5.41, 5.74) is 3.76. The number of oxazole rings is 1. The fourth-order valence-corrected chi connectivity index (χ4v) is 1.96. The van der Waals surface area contributed by atoms with Crippen molar-refractivity contribution in [3.8, 4) is 0 Å². The van der Waals surface area contributed by atoms with Gasteiger partial charge in [0.15, 0.2) is 5.58 Å². The van der Waals surface area contributed by atoms with Crippen molar-refractivity contribution < 1.29 is 14.4 Å². The third-order valence-electron chi connectivity index (χ3n) is 2.95. The van der Waals surface area contributed by atoms with Crippen LogP contribution < -0.4 is 5.48 Å². The smallest absolute Gasteiger partial charge is 0.247 e. The minimum atomic E-state index is -0.491. The second kappa shape index (κ2) is 5.71. The van der Waals surface area contributed by atoms with E-state index in [9.17, 15) is 4.79 Å². The van der Waals surface area contributed by atoms with E-state index in [-0.39, 0.29) is 6.42 Å². The summed E-state index contributed by atoms with van der Waals surface area (Å²) in [6, 6.07) is 7.53. The Morgan fingerprint density at radius 1 is 1.48 bits per heavy atom. The Balaban J connectivity index is 1.62. The molecule has 1 aromatic heterocycles. The van der Waals surface area contributed by atoms with Crippen molar-refractivity contribution in [1.29, 1.82) is 0 Å². The van der Waals surface area contributed by atoms with E-state index in [4.69, 9.17) is 9.62 Å². The van der Waals surface area contributed by atoms with Crippen molar-refractivity contribution in [1.82, 2.24) is 15.5 Å². The summed E-state index contributed by atoms with van der Waals surface area (Å²) in [5, 5.41) is 18.0. The van der Waals surface area contributed by atoms with Crippen LogP contribution in [0.2, 0.25) is 0 Å². The molecule has 2 N–H and O–H groups in total. The molecular formula is C13H13N5O3. The summed E-state index contributed by atoms with van der Waals surface area (Å²) >= 11 is 0. The monoisotopic (exact) mass is 287 g/mol. The fourth-order valence-electron chi connectivity index (χ4n) is 1.96. The molecule has 0 saturated carbocycles. The van der Waals surface area contributed by atoms with Gasteiger partial charge in [0.2, 0.25) is 11.8 Å². The van der Waals surface area contributed by atoms with Gasteiger partial charge in [0.05, 0.1) is 12.2 Å². The Hall–Kier alpha value is -2.74. The van der Waals surface area contributed by atoms with Gasteiger partial charge in [0.1, 0.15) is 12.1 Å². The first-order valence-corrected chi connectivity index (χ1v) is 6.37. The predicted octanol–water partition coefficient (Wildman–Crippen LogP) is 1.79. The molecule has 21 heavy (non-hydrogen) atoms. The molecule has 1 aromatic carbocycles. The van der Waals surface area contributed by atoms with Gasteiger partial charge in [-0.2, -0.15) is 0 Å². The molecule has 0 unspecified atom stereocenters. The molecule has 0 spiro atoms. The standard InChI is InChI=1S/C13H13N5O3/c19-12(16-20)6-5-9-7-18(17-15-9)8-13-14-10-3-1-2-4-11(10)21-13/h1-5,20H,6-8H2,(H,16,19)/b9-5-. The first-order valence-electron chi connectivity index (χ1n) is 6.37. The average molecular weight is 287 g/mol. The van der Waals surface area contributed by atoms with Gasteiger partial charge in [-0.3, -0.25) is 15.0 Å². The van der Waals surface area contributed by atoms with Crippen molar-refractivity contribution in [2.75, 3.05) is 6.54 Å². The summed E-state index contributed by atoms with van der Waals surface area (Å²) < 4.78 is 5.61. The highest BCUT2D eigenvalue weighted by Crippen LogP contribution is 2.19. The van der Waals surface area contributed by atoms with Crippen LogP contribution in [0.25, 0.3) is 11.1 Å². The van der Waals surface area contributed by atoms with Crippen LogP contribution in [-0.4, -0.2) is 27.7 Å². The van der Waals surface area contributed by atoms with E-state index >= 15 is 0 Å². The molecule has 2 heterocycles. The zero-order valence-corrected chi connectivity index (χ0v) is 11.1. The minimum absolute atomic E-state index is 0.0571. The van der Waals surface area contributed by atoms with E-state index in [1.807, 2.05) is 24.3 Å². The maximum Gasteiger partial charge on any atom is 0.247 e. The van der Waals surface area contributed by atoms with Gasteiger partial charge in [-0.1, -0.05) is 17.4 Å². The van der Waals surface area contributed by atoms with Gasteiger partial charge >= 0.3 is 0 Å². The van der Waals surface area contributed by atoms with Crippen molar-refractivity contribution in [2.24, 2.45) is 10.3 Å². The molecule has 8 nitrogen and oxygen atoms in total. The average Bonchev–Trinajstić information content (AvgIpc) is 3.10. The van der Waals surface area contributed by atoms with Crippen LogP contribution in [0.3, 0.4) is 0 Å². The largest absolute Gasteiger partial charge is 0.439 e. The highest BCUT2D eigenvalue weighted by Gasteiger charge is 2.16. The van der Waals surface area contributed by atoms with Crippen LogP contribution in [0, 0.1) is 0 Å². The van der Waals surface area contributed by atoms with Crippen molar-refractivity contribution in [3.05, 3.63) is 41.9 Å². The van der Waals surface area contributed by atoms with Gasteiger partial charge in [-0.05, 0) is 18.2 Å². The summed E-state index contributed by atoms with van der Waals surface area (Å²) in [4.78, 5) is 15.3. The number of benzene rings is 1. The van der Waals surface area contributed by atoms with Gasteiger partial charge in [0.25, 0.3) is 0 Å². The van der Waals surface area contributed by atoms with Gasteiger partial charge in [-0.15, -0.1) is 5.11 Å². The first kappa shape index (κ1) is 13.3. The highest BCUT2D eigenvalue weighted by atomic mass is 16.5. The Labute approximate surface area is 119 Å². The predicted molar refractivity (Wildman–Crippen MR) is 71.9 cm³/mol. The maximum absolute atomic E-state index is 10.9. The Kier molecular flexibility index (Phi) is 3.61. The molecule has 8 heteroatoms. The number of amides is 1. The van der Waals surface area contributed by atoms with E-state index in [2.05, 4.69) is 15.3 Å². The Morgan fingerprint density at radius 3 is 3.14 bits per heavy atom. The fraction of sp³-hybridized carbons (Fsp3) is 0.231. The summed E-state index contributed by atoms with van der Waals surface area (Å²) in [6.45, 7) is 0.874. The summed E-state index contributed by atoms with van der Waals surface area (Å²) in [5.74, 6) is 0.0691. The number of hydroxylamine groups is 1. The van der Waals surface area contributed by atoms with E-state index < -0.39 is 5.91 Å². The van der Waals surface area contributed by atoms with Gasteiger partial charge < -0.3 is 4.42 Å². The molecule has 1 amide bonds. The highest BCUT2D eigenvalue weighted by molar-refractivity contribution is 5.76. The van der Waals surface area contributed by atoms with Crippen molar-refractivity contribution in [2.45, 2.75) is 13.0 Å². The maximum atomic E-state index is 10.9. The number of hydrogen-bond donors (Lipinski definition) is 2. The summed E-state index contributed by atoms with van der Waals surface area (Å²) in [7, 11) is 0. The van der Waals surface area contributed by atoms with Crippen LogP contribution in [0.1, 0.15) is 12.3 Å². The Morgan fingerprint density at radius 2 is 2.33 bits per heavy atom. The number of fused-ring (bicyclic) bond motifs is 1. The third-order valence-corrected chi connectivity index (χ3v) is 2.95. The number of carbonyl (C=O) groups excluding carboxylic acids is 1. The van der Waals surface area contributed by atoms with E-state index in [0.717, 1.165) is 11.1 Å². The molecule has 3 rings (SSSR count). The van der Waals surface area contributed by atoms with Crippen LogP contribution in [-0.2, 0) is 11.3 Å². The molecule has 0 atom stereocenters. The van der Waals surface area contributed by atoms with Crippen molar-refractivity contribution >= 4 is 17.0 Å². The van der Waals surface area contributed by atoms with E-state index in [1.54, 1.807) is 16.6 Å². The number of hydrogen-bond acceptors (Lipinski definition) is 7. The molecule has 0 radical (unpaired) electrons. The zero-order chi connectivity index (χ0) is 14.7. The van der Waals surface area contributed by atoms with Crippen LogP contribution in [0.4, 0.5) is 0 Å². The molecule has 0 fully saturated rings. The van der Waals surface area contributed by atoms with Crippen LogP contribution in [0.5, 0.6) is 0 Å². The van der Waals surface area contributed by atoms with Crippen LogP contribution >= 0.6 is 0 Å². The lowest BCUT2D eigenvalue weighted by atomic mass is 10.3. The topological polar surface area (TPSA) is 103 Å². The van der Waals surface area contributed by atoms with Gasteiger partial charge in [-0.25, -0.2) is 10.5 Å². The Bertz CT molecular complexity index is 688. The molecular weight excluding hydrogens is 274 g/mol. The molecule has 0 aliphatic carbocycles. The lowest BCUT2D eigenvalue weighted by Crippen LogP contribution is -2.18. The normalized spacial score (nSPS) is 16.0. The number of para-hydroxylation sites is 2. The molecule has 108 valence electrons. The first-order chi connectivity index (χ1) is 10.2. The molecule has 2 aromatic rings. The molecule has 1 aliphatic heterocycles. The third kappa shape index (κ3) is 3.06. The van der Waals surface area contributed by atoms with Crippen LogP contribution in [0.15, 0.2) is 50.8 Å². The number of nitrogens with one attached hydrogen (secondary N) is 1. The number of rotatable bonds is 4. The molecule has 1 aliphatic rings. The second-order valence-corrected chi connectivity index (χ2v) is 4.52. The van der Waals surface area contributed by atoms with Crippen molar-refractivity contribution in [3.63, 3.8) is 0 Å². The van der Waals surface area contributed by atoms with Gasteiger partial charge in [0, 0.05) is 6.42 Å². The SMILES string of the molecule is O=C(C/C=C1/CN(Cc2nc3ccccc3o2)N=N1)NO. The number of carbonyl (C=O) groups is 1.